The number of carbonyl (C=O) groups is 1. The molecule has 0 spiro atoms. The molecule has 0 saturated heterocycles. The van der Waals surface area contributed by atoms with E-state index in [2.05, 4.69) is 0 Å². The fourth-order valence-corrected chi connectivity index (χ4v) is 1.61. The number of halogens is 1. The molecule has 3 nitrogen and oxygen atoms in total. The van der Waals surface area contributed by atoms with Crippen molar-refractivity contribution in [1.29, 1.82) is 0 Å². The molecule has 0 amide bonds. The number of fused-ring (bicyclic) bond motifs is 1. The van der Waals surface area contributed by atoms with Gasteiger partial charge in [0.25, 0.3) is 0 Å². The van der Waals surface area contributed by atoms with Crippen LogP contribution in [0.3, 0.4) is 0 Å². The average molecular weight is 208 g/mol. The summed E-state index contributed by atoms with van der Waals surface area (Å²) in [6.07, 6.45) is -0.151. The molecule has 15 heavy (non-hydrogen) atoms. The van der Waals surface area contributed by atoms with Gasteiger partial charge in [-0.1, -0.05) is 0 Å². The first kappa shape index (κ1) is 9.71. The van der Waals surface area contributed by atoms with Crippen LogP contribution in [0.1, 0.15) is 11.3 Å². The predicted molar refractivity (Wildman–Crippen MR) is 52.2 cm³/mol. The standard InChI is InChI=1S/C11H9FO3/c1-6-8(5-11(13)14)9-4-7(12)2-3-10(9)15-6/h2-4H,5H2,1H3,(H,13,14). The van der Waals surface area contributed by atoms with Crippen molar-refractivity contribution in [3.8, 4) is 0 Å². The van der Waals surface area contributed by atoms with E-state index >= 15 is 0 Å². The minimum atomic E-state index is -0.954. The molecule has 78 valence electrons. The van der Waals surface area contributed by atoms with Crippen LogP contribution in [-0.2, 0) is 11.2 Å². The van der Waals surface area contributed by atoms with Gasteiger partial charge >= 0.3 is 5.97 Å². The smallest absolute Gasteiger partial charge is 0.307 e. The molecule has 0 saturated carbocycles. The van der Waals surface area contributed by atoms with Gasteiger partial charge in [-0.25, -0.2) is 4.39 Å². The van der Waals surface area contributed by atoms with Crippen LogP contribution in [0.2, 0.25) is 0 Å². The van der Waals surface area contributed by atoms with Crippen LogP contribution < -0.4 is 0 Å². The Morgan fingerprint density at radius 3 is 2.93 bits per heavy atom. The third-order valence-electron chi connectivity index (χ3n) is 2.28. The SMILES string of the molecule is Cc1oc2ccc(F)cc2c1CC(=O)O. The molecule has 0 aliphatic heterocycles. The summed E-state index contributed by atoms with van der Waals surface area (Å²) in [6, 6.07) is 4.09. The summed E-state index contributed by atoms with van der Waals surface area (Å²) in [6.45, 7) is 1.68. The zero-order valence-electron chi connectivity index (χ0n) is 8.08. The van der Waals surface area contributed by atoms with E-state index < -0.39 is 11.8 Å². The molecule has 0 aliphatic rings. The molecule has 1 aromatic heterocycles. The Morgan fingerprint density at radius 1 is 1.53 bits per heavy atom. The lowest BCUT2D eigenvalue weighted by atomic mass is 10.1. The largest absolute Gasteiger partial charge is 0.481 e. The number of aryl methyl sites for hydroxylation is 1. The lowest BCUT2D eigenvalue weighted by Gasteiger charge is -1.94. The number of carboxylic acids is 1. The second-order valence-corrected chi connectivity index (χ2v) is 3.35. The molecule has 2 rings (SSSR count). The van der Waals surface area contributed by atoms with E-state index in [9.17, 15) is 9.18 Å². The fourth-order valence-electron chi connectivity index (χ4n) is 1.61. The van der Waals surface area contributed by atoms with Crippen LogP contribution >= 0.6 is 0 Å². The van der Waals surface area contributed by atoms with Crippen molar-refractivity contribution in [2.45, 2.75) is 13.3 Å². The molecular formula is C11H9FO3. The Labute approximate surface area is 85.1 Å². The van der Waals surface area contributed by atoms with Gasteiger partial charge in [-0.15, -0.1) is 0 Å². The van der Waals surface area contributed by atoms with Gasteiger partial charge in [0.05, 0.1) is 6.42 Å². The highest BCUT2D eigenvalue weighted by atomic mass is 19.1. The van der Waals surface area contributed by atoms with Crippen molar-refractivity contribution in [2.75, 3.05) is 0 Å². The van der Waals surface area contributed by atoms with Crippen LogP contribution in [0.4, 0.5) is 4.39 Å². The first-order valence-corrected chi connectivity index (χ1v) is 4.47. The number of benzene rings is 1. The number of carboxylic acid groups (broad SMARTS) is 1. The van der Waals surface area contributed by atoms with Crippen LogP contribution in [0, 0.1) is 12.7 Å². The molecule has 0 aliphatic carbocycles. The maximum atomic E-state index is 13.0. The molecule has 2 aromatic rings. The van der Waals surface area contributed by atoms with Crippen LogP contribution in [0.25, 0.3) is 11.0 Å². The Kier molecular flexibility index (Phi) is 2.19. The van der Waals surface area contributed by atoms with E-state index in [1.54, 1.807) is 6.92 Å². The second-order valence-electron chi connectivity index (χ2n) is 3.35. The zero-order valence-corrected chi connectivity index (χ0v) is 8.08. The van der Waals surface area contributed by atoms with Crippen molar-refractivity contribution >= 4 is 16.9 Å². The van der Waals surface area contributed by atoms with Gasteiger partial charge in [0.1, 0.15) is 17.2 Å². The van der Waals surface area contributed by atoms with Gasteiger partial charge in [-0.2, -0.15) is 0 Å². The maximum absolute atomic E-state index is 13.0. The number of furan rings is 1. The average Bonchev–Trinajstić information content (AvgIpc) is 2.43. The Hall–Kier alpha value is -1.84. The maximum Gasteiger partial charge on any atom is 0.307 e. The predicted octanol–water partition coefficient (Wildman–Crippen LogP) is 2.51. The van der Waals surface area contributed by atoms with Crippen molar-refractivity contribution < 1.29 is 18.7 Å². The first-order chi connectivity index (χ1) is 7.08. The summed E-state index contributed by atoms with van der Waals surface area (Å²) < 4.78 is 18.3. The van der Waals surface area contributed by atoms with E-state index in [0.717, 1.165) is 0 Å². The van der Waals surface area contributed by atoms with Gasteiger partial charge in [0, 0.05) is 10.9 Å². The second kappa shape index (κ2) is 3.38. The molecule has 1 N–H and O–H groups in total. The van der Waals surface area contributed by atoms with Crippen LogP contribution in [-0.4, -0.2) is 11.1 Å². The summed E-state index contributed by atoms with van der Waals surface area (Å²) in [7, 11) is 0. The third-order valence-corrected chi connectivity index (χ3v) is 2.28. The van der Waals surface area contributed by atoms with Crippen LogP contribution in [0.15, 0.2) is 22.6 Å². The number of aliphatic carboxylic acids is 1. The highest BCUT2D eigenvalue weighted by molar-refractivity contribution is 5.86. The third kappa shape index (κ3) is 1.70. The summed E-state index contributed by atoms with van der Waals surface area (Å²) in [5.41, 5.74) is 1.06. The van der Waals surface area contributed by atoms with Gasteiger partial charge in [0.2, 0.25) is 0 Å². The highest BCUT2D eigenvalue weighted by Gasteiger charge is 2.14. The summed E-state index contributed by atoms with van der Waals surface area (Å²) >= 11 is 0. The van der Waals surface area contributed by atoms with E-state index in [0.29, 0.717) is 22.3 Å². The monoisotopic (exact) mass is 208 g/mol. The van der Waals surface area contributed by atoms with Gasteiger partial charge < -0.3 is 9.52 Å². The summed E-state index contributed by atoms with van der Waals surface area (Å²) in [5, 5.41) is 9.24. The minimum Gasteiger partial charge on any atom is -0.481 e. The Bertz CT molecular complexity index is 528. The zero-order chi connectivity index (χ0) is 11.0. The Balaban J connectivity index is 2.65. The van der Waals surface area contributed by atoms with E-state index in [1.807, 2.05) is 0 Å². The Morgan fingerprint density at radius 2 is 2.27 bits per heavy atom. The van der Waals surface area contributed by atoms with E-state index in [-0.39, 0.29) is 6.42 Å². The molecule has 0 fully saturated rings. The van der Waals surface area contributed by atoms with Crippen molar-refractivity contribution in [2.24, 2.45) is 0 Å². The van der Waals surface area contributed by atoms with Gasteiger partial charge in [0.15, 0.2) is 0 Å². The number of hydrogen-bond donors (Lipinski definition) is 1. The van der Waals surface area contributed by atoms with Crippen molar-refractivity contribution in [1.82, 2.24) is 0 Å². The number of hydrogen-bond acceptors (Lipinski definition) is 2. The van der Waals surface area contributed by atoms with Crippen molar-refractivity contribution in [3.63, 3.8) is 0 Å². The van der Waals surface area contributed by atoms with Gasteiger partial charge in [-0.3, -0.25) is 4.79 Å². The molecule has 0 atom stereocenters. The molecule has 0 bridgehead atoms. The van der Waals surface area contributed by atoms with E-state index in [1.165, 1.54) is 18.2 Å². The van der Waals surface area contributed by atoms with Crippen LogP contribution in [0.5, 0.6) is 0 Å². The summed E-state index contributed by atoms with van der Waals surface area (Å²) in [4.78, 5) is 10.6. The normalized spacial score (nSPS) is 10.8. The minimum absolute atomic E-state index is 0.151. The van der Waals surface area contributed by atoms with Crippen molar-refractivity contribution in [3.05, 3.63) is 35.3 Å². The molecule has 1 heterocycles. The fraction of sp³-hybridized carbons (Fsp3) is 0.182. The quantitative estimate of drug-likeness (QED) is 0.824. The lowest BCUT2D eigenvalue weighted by Crippen LogP contribution is -2.00. The van der Waals surface area contributed by atoms with E-state index in [4.69, 9.17) is 9.52 Å². The first-order valence-electron chi connectivity index (χ1n) is 4.47. The molecular weight excluding hydrogens is 199 g/mol. The topological polar surface area (TPSA) is 50.4 Å². The molecule has 0 unspecified atom stereocenters. The summed E-state index contributed by atoms with van der Waals surface area (Å²) in [5.74, 6) is -0.821. The highest BCUT2D eigenvalue weighted by Crippen LogP contribution is 2.26. The number of rotatable bonds is 2. The molecule has 1 aromatic carbocycles. The lowest BCUT2D eigenvalue weighted by molar-refractivity contribution is -0.136. The van der Waals surface area contributed by atoms with Gasteiger partial charge in [-0.05, 0) is 25.1 Å². The molecule has 0 radical (unpaired) electrons. The molecule has 4 heteroatoms.